The van der Waals surface area contributed by atoms with Gasteiger partial charge < -0.3 is 24.3 Å². The third-order valence-electron chi connectivity index (χ3n) is 9.95. The van der Waals surface area contributed by atoms with Gasteiger partial charge in [-0.1, -0.05) is 17.7 Å². The first-order chi connectivity index (χ1) is 24.4. The molecule has 2 atom stereocenters. The number of carboxylic acid groups (broad SMARTS) is 1. The second-order valence-electron chi connectivity index (χ2n) is 13.5. The summed E-state index contributed by atoms with van der Waals surface area (Å²) in [4.78, 5) is 12.8. The van der Waals surface area contributed by atoms with Crippen LogP contribution in [0.2, 0.25) is 5.02 Å². The van der Waals surface area contributed by atoms with Gasteiger partial charge in [0.2, 0.25) is 0 Å². The Kier molecular flexibility index (Phi) is 9.38. The molecule has 1 aliphatic rings. The second kappa shape index (κ2) is 13.8. The Labute approximate surface area is 300 Å². The largest absolute Gasteiger partial charge is 0.493 e. The van der Waals surface area contributed by atoms with Crippen molar-refractivity contribution in [3.63, 3.8) is 0 Å². The molecular formula is C39H41ClFN5O5. The molecule has 0 saturated carbocycles. The number of aliphatic hydroxyl groups is 1. The Morgan fingerprint density at radius 3 is 2.63 bits per heavy atom. The molecule has 266 valence electrons. The highest BCUT2D eigenvalue weighted by molar-refractivity contribution is 6.35. The number of aromatic carboxylic acids is 1. The van der Waals surface area contributed by atoms with E-state index < -0.39 is 18.2 Å². The van der Waals surface area contributed by atoms with Crippen molar-refractivity contribution in [2.45, 2.75) is 71.8 Å². The van der Waals surface area contributed by atoms with E-state index in [1.807, 2.05) is 61.5 Å². The van der Waals surface area contributed by atoms with Gasteiger partial charge >= 0.3 is 5.97 Å². The third-order valence-corrected chi connectivity index (χ3v) is 10.3. The minimum absolute atomic E-state index is 0.171. The molecule has 2 N–H and O–H groups in total. The Hall–Kier alpha value is -4.71. The maximum atomic E-state index is 14.4. The molecule has 8 bridgehead atoms. The van der Waals surface area contributed by atoms with Gasteiger partial charge in [0, 0.05) is 70.9 Å². The molecule has 2 unspecified atom stereocenters. The minimum Gasteiger partial charge on any atom is -0.493 e. The number of nitrogens with zero attached hydrogens (tertiary/aromatic N) is 5. The maximum absolute atomic E-state index is 14.4. The fourth-order valence-corrected chi connectivity index (χ4v) is 7.72. The average Bonchev–Trinajstić information content (AvgIpc) is 3.68. The predicted octanol–water partition coefficient (Wildman–Crippen LogP) is 7.63. The number of hydrogen-bond acceptors (Lipinski definition) is 6. The van der Waals surface area contributed by atoms with E-state index in [1.165, 1.54) is 12.1 Å². The summed E-state index contributed by atoms with van der Waals surface area (Å²) in [6, 6.07) is 14.3. The predicted molar refractivity (Wildman–Crippen MR) is 194 cm³/mol. The van der Waals surface area contributed by atoms with Crippen LogP contribution in [-0.4, -0.2) is 53.0 Å². The number of carboxylic acids is 1. The monoisotopic (exact) mass is 713 g/mol. The highest BCUT2D eigenvalue weighted by Gasteiger charge is 2.31. The molecule has 0 aliphatic carbocycles. The average molecular weight is 714 g/mol. The summed E-state index contributed by atoms with van der Waals surface area (Å²) >= 11 is 7.04. The van der Waals surface area contributed by atoms with Crippen LogP contribution in [0.15, 0.2) is 48.5 Å². The number of ether oxygens (including phenoxy) is 2. The first-order valence-electron chi connectivity index (χ1n) is 17.2. The van der Waals surface area contributed by atoms with Gasteiger partial charge in [-0.3, -0.25) is 9.36 Å². The summed E-state index contributed by atoms with van der Waals surface area (Å²) in [6.07, 6.45) is 0.799. The second-order valence-corrected chi connectivity index (χ2v) is 13.9. The molecule has 12 heteroatoms. The van der Waals surface area contributed by atoms with Crippen LogP contribution in [0.25, 0.3) is 32.8 Å². The first-order valence-corrected chi connectivity index (χ1v) is 17.5. The van der Waals surface area contributed by atoms with Crippen molar-refractivity contribution < 1.29 is 28.9 Å². The van der Waals surface area contributed by atoms with E-state index in [4.69, 9.17) is 31.3 Å². The van der Waals surface area contributed by atoms with Crippen molar-refractivity contribution in [2.75, 3.05) is 6.61 Å². The van der Waals surface area contributed by atoms with Crippen LogP contribution in [0.1, 0.15) is 70.3 Å². The van der Waals surface area contributed by atoms with E-state index in [1.54, 1.807) is 23.7 Å². The lowest BCUT2D eigenvalue weighted by atomic mass is 9.94. The van der Waals surface area contributed by atoms with Crippen LogP contribution >= 0.6 is 11.6 Å². The fourth-order valence-electron chi connectivity index (χ4n) is 7.47. The summed E-state index contributed by atoms with van der Waals surface area (Å²) in [5.41, 5.74) is 7.05. The number of aromatic nitrogens is 5. The van der Waals surface area contributed by atoms with Gasteiger partial charge in [0.25, 0.3) is 0 Å². The molecule has 0 amide bonds. The van der Waals surface area contributed by atoms with E-state index in [9.17, 15) is 19.4 Å². The molecule has 6 aromatic rings. The molecule has 51 heavy (non-hydrogen) atoms. The number of aryl methyl sites for hydroxylation is 6. The lowest BCUT2D eigenvalue weighted by Crippen LogP contribution is -2.14. The number of rotatable bonds is 3. The van der Waals surface area contributed by atoms with E-state index >= 15 is 0 Å². The van der Waals surface area contributed by atoms with Crippen LogP contribution in [0.4, 0.5) is 4.39 Å². The van der Waals surface area contributed by atoms with Crippen LogP contribution in [0, 0.1) is 19.7 Å². The molecule has 3 aromatic carbocycles. The van der Waals surface area contributed by atoms with Crippen molar-refractivity contribution in [1.29, 1.82) is 0 Å². The van der Waals surface area contributed by atoms with Gasteiger partial charge in [-0.2, -0.15) is 10.2 Å². The highest BCUT2D eigenvalue weighted by Crippen LogP contribution is 2.45. The fraction of sp³-hybridized carbons (Fsp3) is 0.359. The smallest absolute Gasteiger partial charge is 0.352 e. The topological polar surface area (TPSA) is 117 Å². The van der Waals surface area contributed by atoms with Gasteiger partial charge in [0.05, 0.1) is 30.7 Å². The van der Waals surface area contributed by atoms with Crippen LogP contribution in [0.5, 0.6) is 5.75 Å². The van der Waals surface area contributed by atoms with Gasteiger partial charge in [0.1, 0.15) is 23.4 Å². The summed E-state index contributed by atoms with van der Waals surface area (Å²) in [7, 11) is 3.75. The SMILES string of the molecule is Cc1c(C(=O)O)n2c3ccc(Cl)c(c13)-c1c(nn(C)c1C)C(CC(C)O)OCc1cc(n(C)n1)CCc1cc(c3ccc(F)cc3c1)OCCC2. The molecule has 10 nitrogen and oxygen atoms in total. The summed E-state index contributed by atoms with van der Waals surface area (Å²) in [6.45, 7) is 6.32. The molecule has 3 aromatic heterocycles. The number of hydrogen-bond donors (Lipinski definition) is 2. The number of halogens is 2. The van der Waals surface area contributed by atoms with Crippen LogP contribution in [0.3, 0.4) is 0 Å². The lowest BCUT2D eigenvalue weighted by molar-refractivity contribution is 0.00246. The zero-order valence-electron chi connectivity index (χ0n) is 29.3. The van der Waals surface area contributed by atoms with Gasteiger partial charge in [-0.05, 0) is 99.0 Å². The van der Waals surface area contributed by atoms with E-state index in [0.717, 1.165) is 49.9 Å². The van der Waals surface area contributed by atoms with E-state index in [0.29, 0.717) is 60.0 Å². The quantitative estimate of drug-likeness (QED) is 0.194. The summed E-state index contributed by atoms with van der Waals surface area (Å²) in [5, 5.41) is 33.5. The molecule has 4 heterocycles. The Bertz CT molecular complexity index is 2310. The molecule has 7 rings (SSSR count). The molecule has 0 spiro atoms. The van der Waals surface area contributed by atoms with Crippen molar-refractivity contribution >= 4 is 39.2 Å². The number of fused-ring (bicyclic) bond motifs is 8. The molecule has 0 saturated heterocycles. The molecule has 0 fully saturated rings. The molecular weight excluding hydrogens is 673 g/mol. The van der Waals surface area contributed by atoms with Crippen molar-refractivity contribution in [2.24, 2.45) is 14.1 Å². The van der Waals surface area contributed by atoms with Gasteiger partial charge in [-0.15, -0.1) is 0 Å². The standard InChI is InChI=1S/C39H41ClFN5O5/c1-21(47)15-33-37-35(23(3)44(4)43-37)36-30(40)11-12-31-34(36)22(2)38(39(48)49)46(31)13-6-14-50-32-17-24(16-25-18-26(41)8-10-29(25)32)7-9-28-19-27(20-51-33)42-45(28)5/h8,10-12,16-19,21,33,47H,6-7,9,13-15,20H2,1-5H3,(H,48,49). The normalized spacial score (nSPS) is 16.2. The Balaban J connectivity index is 1.40. The Morgan fingerprint density at radius 2 is 1.86 bits per heavy atom. The van der Waals surface area contributed by atoms with E-state index in [-0.39, 0.29) is 24.5 Å². The Morgan fingerprint density at radius 1 is 1.06 bits per heavy atom. The third kappa shape index (κ3) is 6.50. The first kappa shape index (κ1) is 34.7. The van der Waals surface area contributed by atoms with Crippen molar-refractivity contribution in [3.8, 4) is 16.9 Å². The molecule has 0 radical (unpaired) electrons. The van der Waals surface area contributed by atoms with Gasteiger partial charge in [0.15, 0.2) is 0 Å². The van der Waals surface area contributed by atoms with Crippen LogP contribution < -0.4 is 4.74 Å². The number of benzene rings is 3. The minimum atomic E-state index is -1.05. The highest BCUT2D eigenvalue weighted by atomic mass is 35.5. The molecule has 1 aliphatic heterocycles. The van der Waals surface area contributed by atoms with Crippen molar-refractivity contribution in [3.05, 3.63) is 99.0 Å². The maximum Gasteiger partial charge on any atom is 0.352 e. The van der Waals surface area contributed by atoms with Crippen molar-refractivity contribution in [1.82, 2.24) is 24.1 Å². The summed E-state index contributed by atoms with van der Waals surface area (Å²) in [5.74, 6) is -0.719. The summed E-state index contributed by atoms with van der Waals surface area (Å²) < 4.78 is 32.7. The van der Waals surface area contributed by atoms with E-state index in [2.05, 4.69) is 0 Å². The zero-order chi connectivity index (χ0) is 36.1. The zero-order valence-corrected chi connectivity index (χ0v) is 30.1. The number of carbonyl (C=O) groups is 1. The van der Waals surface area contributed by atoms with Crippen LogP contribution in [-0.2, 0) is 44.8 Å². The lowest BCUT2D eigenvalue weighted by Gasteiger charge is -2.20. The van der Waals surface area contributed by atoms with Gasteiger partial charge in [-0.25, -0.2) is 9.18 Å². The number of aliphatic hydroxyl groups excluding tert-OH is 1.